The van der Waals surface area contributed by atoms with Crippen molar-refractivity contribution >= 4 is 5.78 Å². The average Bonchev–Trinajstić information content (AvgIpc) is 2.67. The number of ketones is 1. The molecule has 0 saturated carbocycles. The van der Waals surface area contributed by atoms with Crippen molar-refractivity contribution in [2.24, 2.45) is 5.92 Å². The van der Waals surface area contributed by atoms with E-state index in [2.05, 4.69) is 17.0 Å². The molecule has 0 radical (unpaired) electrons. The summed E-state index contributed by atoms with van der Waals surface area (Å²) in [5.41, 5.74) is 0.835. The highest BCUT2D eigenvalue weighted by Crippen LogP contribution is 2.39. The number of fused-ring (bicyclic) bond motifs is 2. The Bertz CT molecular complexity index is 825. The molecule has 2 fully saturated rings. The van der Waals surface area contributed by atoms with Gasteiger partial charge < -0.3 is 0 Å². The molecule has 2 unspecified atom stereocenters. The molecule has 28 heavy (non-hydrogen) atoms. The van der Waals surface area contributed by atoms with Crippen LogP contribution in [0.4, 0.5) is 13.2 Å². The van der Waals surface area contributed by atoms with E-state index in [0.29, 0.717) is 12.1 Å². The van der Waals surface area contributed by atoms with Gasteiger partial charge in [0.15, 0.2) is 5.78 Å². The quantitative estimate of drug-likeness (QED) is 0.606. The van der Waals surface area contributed by atoms with E-state index in [1.807, 2.05) is 18.2 Å². The number of piperidine rings is 2. The van der Waals surface area contributed by atoms with E-state index in [1.54, 1.807) is 0 Å². The van der Waals surface area contributed by atoms with E-state index in [9.17, 15) is 18.0 Å². The van der Waals surface area contributed by atoms with Gasteiger partial charge in [0.2, 0.25) is 0 Å². The van der Waals surface area contributed by atoms with Gasteiger partial charge in [0.05, 0.1) is 5.56 Å². The maximum Gasteiger partial charge on any atom is 0.266 e. The highest BCUT2D eigenvalue weighted by molar-refractivity contribution is 5.98. The number of carbonyl (C=O) groups excluding carboxylic acids is 1. The lowest BCUT2D eigenvalue weighted by Crippen LogP contribution is -2.52. The van der Waals surface area contributed by atoms with Gasteiger partial charge in [-0.1, -0.05) is 42.8 Å². The molecule has 2 aliphatic heterocycles. The summed E-state index contributed by atoms with van der Waals surface area (Å²) >= 11 is 0. The topological polar surface area (TPSA) is 20.3 Å². The highest BCUT2D eigenvalue weighted by Gasteiger charge is 2.40. The molecule has 148 valence electrons. The maximum atomic E-state index is 13.9. The van der Waals surface area contributed by atoms with Crippen molar-refractivity contribution in [3.8, 4) is 0 Å². The van der Waals surface area contributed by atoms with Gasteiger partial charge in [-0.2, -0.15) is 0 Å². The number of Topliss-reactive ketones (excluding diaryl/α,β-unsaturated/α-hetero) is 1. The smallest absolute Gasteiger partial charge is 0.266 e. The fraction of sp³-hybridized carbons (Fsp3) is 0.435. The van der Waals surface area contributed by atoms with Gasteiger partial charge in [-0.05, 0) is 43.4 Å². The summed E-state index contributed by atoms with van der Waals surface area (Å²) in [4.78, 5) is 15.5. The van der Waals surface area contributed by atoms with Crippen LogP contribution in [-0.4, -0.2) is 22.8 Å². The lowest BCUT2D eigenvalue weighted by molar-refractivity contribution is 0.00905. The summed E-state index contributed by atoms with van der Waals surface area (Å²) in [7, 11) is 0. The Morgan fingerprint density at radius 1 is 1.04 bits per heavy atom. The van der Waals surface area contributed by atoms with Gasteiger partial charge in [0.1, 0.15) is 5.82 Å². The Morgan fingerprint density at radius 3 is 2.32 bits per heavy atom. The highest BCUT2D eigenvalue weighted by atomic mass is 19.3. The summed E-state index contributed by atoms with van der Waals surface area (Å²) in [5.74, 6) is -1.28. The van der Waals surface area contributed by atoms with E-state index in [-0.39, 0.29) is 17.3 Å². The fourth-order valence-electron chi connectivity index (χ4n) is 4.84. The number of hydrogen-bond donors (Lipinski definition) is 0. The Kier molecular flexibility index (Phi) is 5.54. The molecule has 0 aromatic heterocycles. The molecular weight excluding hydrogens is 363 g/mol. The lowest BCUT2D eigenvalue weighted by Gasteiger charge is -2.48. The molecule has 2 heterocycles. The molecule has 2 atom stereocenters. The van der Waals surface area contributed by atoms with Crippen LogP contribution in [0.3, 0.4) is 0 Å². The number of rotatable bonds is 5. The fourth-order valence-corrected chi connectivity index (χ4v) is 4.84. The number of benzene rings is 2. The van der Waals surface area contributed by atoms with E-state index in [1.165, 1.54) is 18.1 Å². The third kappa shape index (κ3) is 3.86. The number of alkyl halides is 2. The molecule has 0 aliphatic carbocycles. The van der Waals surface area contributed by atoms with Crippen molar-refractivity contribution in [2.75, 3.05) is 0 Å². The minimum Gasteiger partial charge on any atom is -0.294 e. The van der Waals surface area contributed by atoms with Crippen molar-refractivity contribution in [1.82, 2.24) is 4.90 Å². The molecule has 0 N–H and O–H groups in total. The molecule has 2 aromatic rings. The van der Waals surface area contributed by atoms with Crippen molar-refractivity contribution in [2.45, 2.75) is 57.2 Å². The van der Waals surface area contributed by atoms with Gasteiger partial charge in [-0.15, -0.1) is 0 Å². The van der Waals surface area contributed by atoms with Crippen LogP contribution in [-0.2, 0) is 6.54 Å². The number of nitrogens with zero attached hydrogens (tertiary/aromatic N) is 1. The van der Waals surface area contributed by atoms with Crippen molar-refractivity contribution in [1.29, 1.82) is 0 Å². The molecule has 2 nitrogen and oxygen atoms in total. The van der Waals surface area contributed by atoms with Gasteiger partial charge in [0.25, 0.3) is 6.43 Å². The van der Waals surface area contributed by atoms with Gasteiger partial charge >= 0.3 is 0 Å². The maximum absolute atomic E-state index is 13.9. The van der Waals surface area contributed by atoms with Crippen LogP contribution in [0.2, 0.25) is 0 Å². The van der Waals surface area contributed by atoms with Crippen LogP contribution in [0.15, 0.2) is 48.5 Å². The first kappa shape index (κ1) is 19.2. The second kappa shape index (κ2) is 8.08. The van der Waals surface area contributed by atoms with Gasteiger partial charge in [-0.25, -0.2) is 13.2 Å². The first-order valence-electron chi connectivity index (χ1n) is 9.94. The largest absolute Gasteiger partial charge is 0.294 e. The standard InChI is InChI=1S/C23H24F3NO/c24-21-13-16(9-10-20(21)23(25)26)22(28)17-11-18-7-4-8-19(12-17)27(18)14-15-5-2-1-3-6-15/h1-3,5-6,9-10,13,17-19,23H,4,7-8,11-12,14H2. The lowest BCUT2D eigenvalue weighted by atomic mass is 9.75. The predicted octanol–water partition coefficient (Wildman–Crippen LogP) is 5.78. The Balaban J connectivity index is 1.49. The summed E-state index contributed by atoms with van der Waals surface area (Å²) in [6.45, 7) is 0.884. The van der Waals surface area contributed by atoms with Crippen LogP contribution in [0.25, 0.3) is 0 Å². The van der Waals surface area contributed by atoms with E-state index in [4.69, 9.17) is 0 Å². The number of carbonyl (C=O) groups is 1. The minimum absolute atomic E-state index is 0.115. The van der Waals surface area contributed by atoms with Crippen LogP contribution >= 0.6 is 0 Å². The summed E-state index contributed by atoms with van der Waals surface area (Å²) in [6, 6.07) is 14.4. The normalized spacial score (nSPS) is 25.1. The zero-order valence-electron chi connectivity index (χ0n) is 15.7. The monoisotopic (exact) mass is 387 g/mol. The molecule has 2 bridgehead atoms. The van der Waals surface area contributed by atoms with Crippen LogP contribution in [0.5, 0.6) is 0 Å². The molecule has 4 rings (SSSR count). The van der Waals surface area contributed by atoms with E-state index >= 15 is 0 Å². The Morgan fingerprint density at radius 2 is 1.71 bits per heavy atom. The zero-order chi connectivity index (χ0) is 19.7. The molecule has 0 spiro atoms. The summed E-state index contributed by atoms with van der Waals surface area (Å²) < 4.78 is 39.4. The van der Waals surface area contributed by atoms with Crippen molar-refractivity contribution < 1.29 is 18.0 Å². The number of halogens is 3. The van der Waals surface area contributed by atoms with Crippen molar-refractivity contribution in [3.05, 3.63) is 71.0 Å². The number of hydrogen-bond acceptors (Lipinski definition) is 2. The Labute approximate surface area is 163 Å². The molecule has 2 saturated heterocycles. The Hall–Kier alpha value is -2.14. The van der Waals surface area contributed by atoms with Crippen LogP contribution in [0.1, 0.15) is 60.0 Å². The SMILES string of the molecule is O=C(c1ccc(C(F)F)c(F)c1)C1CC2CCCC(C1)N2Cc1ccccc1. The third-order valence-corrected chi connectivity index (χ3v) is 6.22. The van der Waals surface area contributed by atoms with Gasteiger partial charge in [-0.3, -0.25) is 9.69 Å². The zero-order valence-corrected chi connectivity index (χ0v) is 15.7. The molecule has 2 aromatic carbocycles. The predicted molar refractivity (Wildman–Crippen MR) is 102 cm³/mol. The average molecular weight is 387 g/mol. The van der Waals surface area contributed by atoms with Crippen LogP contribution < -0.4 is 0 Å². The summed E-state index contributed by atoms with van der Waals surface area (Å²) in [6.07, 6.45) is 1.92. The first-order chi connectivity index (χ1) is 13.5. The first-order valence-corrected chi connectivity index (χ1v) is 9.94. The minimum atomic E-state index is -2.87. The second-order valence-corrected chi connectivity index (χ2v) is 7.97. The molecule has 0 amide bonds. The molecule has 2 aliphatic rings. The molecule has 5 heteroatoms. The van der Waals surface area contributed by atoms with Gasteiger partial charge in [0, 0.05) is 30.1 Å². The van der Waals surface area contributed by atoms with Crippen molar-refractivity contribution in [3.63, 3.8) is 0 Å². The second-order valence-electron chi connectivity index (χ2n) is 7.97. The molecular formula is C23H24F3NO. The third-order valence-electron chi connectivity index (χ3n) is 6.22. The van der Waals surface area contributed by atoms with E-state index in [0.717, 1.165) is 44.4 Å². The summed E-state index contributed by atoms with van der Waals surface area (Å²) in [5, 5.41) is 0. The van der Waals surface area contributed by atoms with E-state index < -0.39 is 17.8 Å². The van der Waals surface area contributed by atoms with Crippen LogP contribution in [0, 0.1) is 11.7 Å².